The Kier molecular flexibility index (Phi) is 4.67. The monoisotopic (exact) mass is 250 g/mol. The molecular formula is C11H14N4O3. The summed E-state index contributed by atoms with van der Waals surface area (Å²) in [5, 5.41) is 4.64. The fraction of sp³-hybridized carbons (Fsp3) is 0.182. The number of hydrogen-bond donors (Lipinski definition) is 4. The van der Waals surface area contributed by atoms with Crippen LogP contribution < -0.4 is 22.1 Å². The number of amides is 3. The Morgan fingerprint density at radius 1 is 1.11 bits per heavy atom. The van der Waals surface area contributed by atoms with Gasteiger partial charge in [0, 0.05) is 11.3 Å². The first kappa shape index (κ1) is 13.5. The lowest BCUT2D eigenvalue weighted by Crippen LogP contribution is -2.40. The molecule has 0 atom stereocenters. The van der Waals surface area contributed by atoms with E-state index in [-0.39, 0.29) is 13.1 Å². The molecule has 0 bridgehead atoms. The first-order valence-electron chi connectivity index (χ1n) is 5.18. The number of benzene rings is 1. The van der Waals surface area contributed by atoms with E-state index in [0.717, 1.165) is 0 Å². The minimum atomic E-state index is -0.648. The quantitative estimate of drug-likeness (QED) is 0.479. The first-order chi connectivity index (χ1) is 8.49. The van der Waals surface area contributed by atoms with Crippen LogP contribution in [0.25, 0.3) is 0 Å². The second-order valence-electron chi connectivity index (χ2n) is 3.55. The lowest BCUT2D eigenvalue weighted by atomic mass is 10.2. The third-order valence-electron chi connectivity index (χ3n) is 2.02. The number of carbonyl (C=O) groups is 3. The van der Waals surface area contributed by atoms with Crippen molar-refractivity contribution < 1.29 is 14.4 Å². The van der Waals surface area contributed by atoms with Gasteiger partial charge in [-0.25, -0.2) is 0 Å². The number of hydrogen-bond acceptors (Lipinski definition) is 4. The van der Waals surface area contributed by atoms with Crippen molar-refractivity contribution in [3.05, 3.63) is 29.8 Å². The highest BCUT2D eigenvalue weighted by molar-refractivity contribution is 5.97. The van der Waals surface area contributed by atoms with Crippen LogP contribution in [-0.4, -0.2) is 30.8 Å². The van der Waals surface area contributed by atoms with E-state index in [1.54, 1.807) is 18.2 Å². The van der Waals surface area contributed by atoms with Crippen molar-refractivity contribution in [2.24, 2.45) is 5.73 Å². The number of primary amides is 1. The van der Waals surface area contributed by atoms with Gasteiger partial charge in [-0.05, 0) is 18.2 Å². The van der Waals surface area contributed by atoms with E-state index in [0.29, 0.717) is 11.3 Å². The molecule has 0 aromatic heterocycles. The van der Waals surface area contributed by atoms with E-state index in [4.69, 9.17) is 11.5 Å². The van der Waals surface area contributed by atoms with Crippen LogP contribution in [0, 0.1) is 0 Å². The zero-order valence-electron chi connectivity index (χ0n) is 9.60. The summed E-state index contributed by atoms with van der Waals surface area (Å²) in [4.78, 5) is 33.2. The molecule has 0 saturated heterocycles. The molecule has 0 fully saturated rings. The van der Waals surface area contributed by atoms with Crippen molar-refractivity contribution in [1.82, 2.24) is 10.6 Å². The van der Waals surface area contributed by atoms with Crippen molar-refractivity contribution in [1.29, 1.82) is 0 Å². The molecule has 0 spiro atoms. The highest BCUT2D eigenvalue weighted by Crippen LogP contribution is 2.05. The SMILES string of the molecule is NC(=O)CNC(=O)CNC(=O)c1cccc(N)c1. The standard InChI is InChI=1S/C11H14N4O3/c12-8-3-1-2-7(4-8)11(18)15-6-10(17)14-5-9(13)16/h1-4H,5-6,12H2,(H2,13,16)(H,14,17)(H,15,18). The summed E-state index contributed by atoms with van der Waals surface area (Å²) in [5.74, 6) is -1.56. The number of carbonyl (C=O) groups excluding carboxylic acids is 3. The summed E-state index contributed by atoms with van der Waals surface area (Å²) in [6.45, 7) is -0.492. The van der Waals surface area contributed by atoms with E-state index in [2.05, 4.69) is 10.6 Å². The molecule has 6 N–H and O–H groups in total. The maximum atomic E-state index is 11.6. The summed E-state index contributed by atoms with van der Waals surface area (Å²) in [7, 11) is 0. The molecule has 96 valence electrons. The Hall–Kier alpha value is -2.57. The average molecular weight is 250 g/mol. The van der Waals surface area contributed by atoms with E-state index >= 15 is 0 Å². The second-order valence-corrected chi connectivity index (χ2v) is 3.55. The molecule has 1 rings (SSSR count). The zero-order valence-corrected chi connectivity index (χ0v) is 9.60. The van der Waals surface area contributed by atoms with Crippen LogP contribution in [-0.2, 0) is 9.59 Å². The first-order valence-corrected chi connectivity index (χ1v) is 5.18. The molecule has 7 heteroatoms. The van der Waals surface area contributed by atoms with Crippen LogP contribution in [0.1, 0.15) is 10.4 Å². The van der Waals surface area contributed by atoms with Crippen LogP contribution in [0.2, 0.25) is 0 Å². The smallest absolute Gasteiger partial charge is 0.251 e. The molecule has 18 heavy (non-hydrogen) atoms. The van der Waals surface area contributed by atoms with E-state index < -0.39 is 17.7 Å². The fourth-order valence-corrected chi connectivity index (χ4v) is 1.19. The average Bonchev–Trinajstić information content (AvgIpc) is 2.33. The minimum absolute atomic E-state index is 0.235. The van der Waals surface area contributed by atoms with Crippen molar-refractivity contribution in [3.63, 3.8) is 0 Å². The zero-order chi connectivity index (χ0) is 13.5. The number of nitrogens with one attached hydrogen (secondary N) is 2. The van der Waals surface area contributed by atoms with Gasteiger partial charge in [-0.1, -0.05) is 6.07 Å². The normalized spacial score (nSPS) is 9.56. The molecule has 0 saturated carbocycles. The third-order valence-corrected chi connectivity index (χ3v) is 2.02. The van der Waals surface area contributed by atoms with Gasteiger partial charge in [0.1, 0.15) is 0 Å². The topological polar surface area (TPSA) is 127 Å². The van der Waals surface area contributed by atoms with Crippen molar-refractivity contribution in [3.8, 4) is 0 Å². The van der Waals surface area contributed by atoms with Gasteiger partial charge < -0.3 is 22.1 Å². The van der Waals surface area contributed by atoms with Gasteiger partial charge in [-0.2, -0.15) is 0 Å². The predicted octanol–water partition coefficient (Wildman–Crippen LogP) is -1.40. The molecule has 0 heterocycles. The minimum Gasteiger partial charge on any atom is -0.399 e. The Morgan fingerprint density at radius 3 is 2.44 bits per heavy atom. The Bertz CT molecular complexity index is 473. The highest BCUT2D eigenvalue weighted by Gasteiger charge is 2.08. The van der Waals surface area contributed by atoms with Crippen molar-refractivity contribution in [2.45, 2.75) is 0 Å². The van der Waals surface area contributed by atoms with Gasteiger partial charge in [-0.3, -0.25) is 14.4 Å². The Labute approximate surface area is 104 Å². The molecule has 0 radical (unpaired) electrons. The highest BCUT2D eigenvalue weighted by atomic mass is 16.2. The molecule has 0 aliphatic heterocycles. The lowest BCUT2D eigenvalue weighted by Gasteiger charge is -2.06. The summed E-state index contributed by atoms with van der Waals surface area (Å²) in [5.41, 5.74) is 11.2. The van der Waals surface area contributed by atoms with Crippen LogP contribution >= 0.6 is 0 Å². The maximum Gasteiger partial charge on any atom is 0.251 e. The molecule has 1 aromatic carbocycles. The van der Waals surface area contributed by atoms with Gasteiger partial charge in [0.15, 0.2) is 0 Å². The summed E-state index contributed by atoms with van der Waals surface area (Å²) in [6, 6.07) is 6.36. The predicted molar refractivity (Wildman–Crippen MR) is 65.4 cm³/mol. The second kappa shape index (κ2) is 6.24. The fourth-order valence-electron chi connectivity index (χ4n) is 1.19. The van der Waals surface area contributed by atoms with E-state index in [1.807, 2.05) is 0 Å². The van der Waals surface area contributed by atoms with Gasteiger partial charge in [0.05, 0.1) is 13.1 Å². The van der Waals surface area contributed by atoms with Gasteiger partial charge in [0.25, 0.3) is 5.91 Å². The van der Waals surface area contributed by atoms with Crippen molar-refractivity contribution in [2.75, 3.05) is 18.8 Å². The molecule has 1 aromatic rings. The van der Waals surface area contributed by atoms with Gasteiger partial charge in [-0.15, -0.1) is 0 Å². The molecule has 7 nitrogen and oxygen atoms in total. The number of nitrogen functional groups attached to an aromatic ring is 1. The molecule has 0 aliphatic rings. The van der Waals surface area contributed by atoms with E-state index in [9.17, 15) is 14.4 Å². The molecule has 3 amide bonds. The van der Waals surface area contributed by atoms with Crippen LogP contribution in [0.5, 0.6) is 0 Å². The van der Waals surface area contributed by atoms with Gasteiger partial charge in [0.2, 0.25) is 11.8 Å². The van der Waals surface area contributed by atoms with Crippen LogP contribution in [0.15, 0.2) is 24.3 Å². The molecule has 0 aliphatic carbocycles. The lowest BCUT2D eigenvalue weighted by molar-refractivity contribution is -0.124. The number of nitrogens with two attached hydrogens (primary N) is 2. The molecular weight excluding hydrogens is 236 g/mol. The third kappa shape index (κ3) is 4.52. The number of rotatable bonds is 5. The van der Waals surface area contributed by atoms with Crippen LogP contribution in [0.4, 0.5) is 5.69 Å². The van der Waals surface area contributed by atoms with Gasteiger partial charge >= 0.3 is 0 Å². The number of anilines is 1. The van der Waals surface area contributed by atoms with Crippen LogP contribution in [0.3, 0.4) is 0 Å². The Morgan fingerprint density at radius 2 is 1.83 bits per heavy atom. The Balaban J connectivity index is 2.42. The largest absolute Gasteiger partial charge is 0.399 e. The maximum absolute atomic E-state index is 11.6. The molecule has 0 unspecified atom stereocenters. The summed E-state index contributed by atoms with van der Waals surface area (Å²) < 4.78 is 0. The summed E-state index contributed by atoms with van der Waals surface area (Å²) in [6.07, 6.45) is 0. The van der Waals surface area contributed by atoms with E-state index in [1.165, 1.54) is 6.07 Å². The van der Waals surface area contributed by atoms with Crippen molar-refractivity contribution >= 4 is 23.4 Å². The summed E-state index contributed by atoms with van der Waals surface area (Å²) >= 11 is 0.